The van der Waals surface area contributed by atoms with Gasteiger partial charge in [-0.1, -0.05) is 0 Å². The van der Waals surface area contributed by atoms with Crippen molar-refractivity contribution in [2.75, 3.05) is 37.7 Å². The summed E-state index contributed by atoms with van der Waals surface area (Å²) in [5.41, 5.74) is 0.944. The monoisotopic (exact) mass is 410 g/mol. The molecule has 0 unspecified atom stereocenters. The third-order valence-electron chi connectivity index (χ3n) is 4.07. The molecule has 1 fully saturated rings. The molecule has 0 aromatic heterocycles. The van der Waals surface area contributed by atoms with Gasteiger partial charge in [0.05, 0.1) is 4.47 Å². The number of benzene rings is 2. The Hall–Kier alpha value is -2.15. The van der Waals surface area contributed by atoms with Crippen LogP contribution >= 0.6 is 15.9 Å². The Bertz CT molecular complexity index is 747. The Morgan fingerprint density at radius 2 is 1.64 bits per heavy atom. The van der Waals surface area contributed by atoms with Crippen molar-refractivity contribution in [3.8, 4) is 5.75 Å². The van der Waals surface area contributed by atoms with Gasteiger partial charge in [0, 0.05) is 31.9 Å². The summed E-state index contributed by atoms with van der Waals surface area (Å²) < 4.78 is 32.0. The number of ether oxygens (including phenoxy) is 1. The highest BCUT2D eigenvalue weighted by atomic mass is 79.9. The van der Waals surface area contributed by atoms with Gasteiger partial charge in [-0.15, -0.1) is 0 Å². The number of amides is 1. The SMILES string of the molecule is O=C(COc1ccc(F)cc1Br)N1CCN(c2ccc(F)cc2)CC1. The van der Waals surface area contributed by atoms with Crippen LogP contribution in [-0.2, 0) is 4.79 Å². The van der Waals surface area contributed by atoms with Gasteiger partial charge in [0.15, 0.2) is 6.61 Å². The third kappa shape index (κ3) is 4.48. The van der Waals surface area contributed by atoms with E-state index in [1.807, 2.05) is 0 Å². The van der Waals surface area contributed by atoms with Gasteiger partial charge in [-0.2, -0.15) is 0 Å². The van der Waals surface area contributed by atoms with E-state index in [-0.39, 0.29) is 24.1 Å². The van der Waals surface area contributed by atoms with Gasteiger partial charge in [0.25, 0.3) is 5.91 Å². The van der Waals surface area contributed by atoms with Crippen LogP contribution in [0, 0.1) is 11.6 Å². The van der Waals surface area contributed by atoms with Gasteiger partial charge in [-0.25, -0.2) is 8.78 Å². The van der Waals surface area contributed by atoms with E-state index < -0.39 is 0 Å². The number of hydrogen-bond acceptors (Lipinski definition) is 3. The van der Waals surface area contributed by atoms with Gasteiger partial charge >= 0.3 is 0 Å². The first-order chi connectivity index (χ1) is 12.0. The lowest BCUT2D eigenvalue weighted by Crippen LogP contribution is -2.50. The maximum Gasteiger partial charge on any atom is 0.260 e. The second kappa shape index (κ2) is 7.82. The summed E-state index contributed by atoms with van der Waals surface area (Å²) in [6, 6.07) is 10.4. The van der Waals surface area contributed by atoms with Crippen LogP contribution in [0.1, 0.15) is 0 Å². The first-order valence-corrected chi connectivity index (χ1v) is 8.68. The lowest BCUT2D eigenvalue weighted by atomic mass is 10.2. The van der Waals surface area contributed by atoms with Crippen LogP contribution in [0.25, 0.3) is 0 Å². The predicted molar refractivity (Wildman–Crippen MR) is 94.8 cm³/mol. The van der Waals surface area contributed by atoms with E-state index in [2.05, 4.69) is 20.8 Å². The highest BCUT2D eigenvalue weighted by Gasteiger charge is 2.21. The summed E-state index contributed by atoms with van der Waals surface area (Å²) in [5.74, 6) is -0.321. The smallest absolute Gasteiger partial charge is 0.260 e. The van der Waals surface area contributed by atoms with Gasteiger partial charge in [-0.05, 0) is 58.4 Å². The van der Waals surface area contributed by atoms with E-state index in [4.69, 9.17) is 4.74 Å². The molecule has 0 aliphatic carbocycles. The summed E-state index contributed by atoms with van der Waals surface area (Å²) in [4.78, 5) is 16.1. The van der Waals surface area contributed by atoms with Crippen molar-refractivity contribution < 1.29 is 18.3 Å². The average molecular weight is 411 g/mol. The lowest BCUT2D eigenvalue weighted by molar-refractivity contribution is -0.133. The van der Waals surface area contributed by atoms with Crippen molar-refractivity contribution in [1.82, 2.24) is 4.90 Å². The normalized spacial score (nSPS) is 14.5. The molecular formula is C18H17BrF2N2O2. The van der Waals surface area contributed by atoms with Crippen molar-refractivity contribution in [2.24, 2.45) is 0 Å². The van der Waals surface area contributed by atoms with Crippen LogP contribution in [-0.4, -0.2) is 43.6 Å². The van der Waals surface area contributed by atoms with E-state index in [1.54, 1.807) is 17.0 Å². The lowest BCUT2D eigenvalue weighted by Gasteiger charge is -2.36. The van der Waals surface area contributed by atoms with E-state index in [0.29, 0.717) is 36.4 Å². The molecule has 3 rings (SSSR count). The van der Waals surface area contributed by atoms with Gasteiger partial charge < -0.3 is 14.5 Å². The zero-order valence-electron chi connectivity index (χ0n) is 13.4. The summed E-state index contributed by atoms with van der Waals surface area (Å²) in [7, 11) is 0. The number of carbonyl (C=O) groups excluding carboxylic acids is 1. The van der Waals surface area contributed by atoms with Crippen molar-refractivity contribution in [2.45, 2.75) is 0 Å². The zero-order valence-corrected chi connectivity index (χ0v) is 15.0. The fourth-order valence-electron chi connectivity index (χ4n) is 2.69. The van der Waals surface area contributed by atoms with Crippen molar-refractivity contribution in [1.29, 1.82) is 0 Å². The van der Waals surface area contributed by atoms with Crippen LogP contribution in [0.3, 0.4) is 0 Å². The Morgan fingerprint density at radius 1 is 1.00 bits per heavy atom. The molecule has 2 aromatic carbocycles. The van der Waals surface area contributed by atoms with Crippen molar-refractivity contribution in [3.63, 3.8) is 0 Å². The van der Waals surface area contributed by atoms with Crippen LogP contribution in [0.15, 0.2) is 46.9 Å². The molecule has 0 N–H and O–H groups in total. The number of nitrogens with zero attached hydrogens (tertiary/aromatic N) is 2. The predicted octanol–water partition coefficient (Wildman–Crippen LogP) is 3.45. The summed E-state index contributed by atoms with van der Waals surface area (Å²) in [6.07, 6.45) is 0. The number of carbonyl (C=O) groups is 1. The number of rotatable bonds is 4. The van der Waals surface area contributed by atoms with Crippen LogP contribution < -0.4 is 9.64 Å². The van der Waals surface area contributed by atoms with Crippen molar-refractivity contribution >= 4 is 27.5 Å². The minimum Gasteiger partial charge on any atom is -0.483 e. The van der Waals surface area contributed by atoms with Crippen LogP contribution in [0.2, 0.25) is 0 Å². The quantitative estimate of drug-likeness (QED) is 0.773. The number of piperazine rings is 1. The molecule has 0 bridgehead atoms. The Morgan fingerprint density at radius 3 is 2.28 bits per heavy atom. The summed E-state index contributed by atoms with van der Waals surface area (Å²) >= 11 is 3.21. The standard InChI is InChI=1S/C18H17BrF2N2O2/c19-16-11-14(21)3-6-17(16)25-12-18(24)23-9-7-22(8-10-23)15-4-1-13(20)2-5-15/h1-6,11H,7-10,12H2. The van der Waals surface area contributed by atoms with E-state index >= 15 is 0 Å². The first-order valence-electron chi connectivity index (χ1n) is 7.89. The van der Waals surface area contributed by atoms with Crippen molar-refractivity contribution in [3.05, 3.63) is 58.6 Å². The van der Waals surface area contributed by atoms with Gasteiger partial charge in [0.2, 0.25) is 0 Å². The van der Waals surface area contributed by atoms with Crippen LogP contribution in [0.5, 0.6) is 5.75 Å². The average Bonchev–Trinajstić information content (AvgIpc) is 2.61. The maximum absolute atomic E-state index is 13.0. The molecule has 7 heteroatoms. The highest BCUT2D eigenvalue weighted by molar-refractivity contribution is 9.10. The molecule has 2 aromatic rings. The molecule has 0 saturated carbocycles. The van der Waals surface area contributed by atoms with E-state index in [9.17, 15) is 13.6 Å². The Labute approximate surface area is 153 Å². The van der Waals surface area contributed by atoms with E-state index in [0.717, 1.165) is 5.69 Å². The molecule has 25 heavy (non-hydrogen) atoms. The molecule has 1 aliphatic rings. The Balaban J connectivity index is 1.50. The molecule has 0 radical (unpaired) electrons. The molecule has 4 nitrogen and oxygen atoms in total. The third-order valence-corrected chi connectivity index (χ3v) is 4.69. The van der Waals surface area contributed by atoms with E-state index in [1.165, 1.54) is 30.3 Å². The number of halogens is 3. The van der Waals surface area contributed by atoms with Crippen LogP contribution in [0.4, 0.5) is 14.5 Å². The fraction of sp³-hybridized carbons (Fsp3) is 0.278. The topological polar surface area (TPSA) is 32.8 Å². The number of anilines is 1. The molecule has 1 heterocycles. The molecule has 1 aliphatic heterocycles. The minimum absolute atomic E-state index is 0.0964. The maximum atomic E-state index is 13.0. The molecular weight excluding hydrogens is 394 g/mol. The fourth-order valence-corrected chi connectivity index (χ4v) is 3.15. The molecule has 1 saturated heterocycles. The van der Waals surface area contributed by atoms with Gasteiger partial charge in [0.1, 0.15) is 17.4 Å². The first kappa shape index (κ1) is 17.7. The largest absolute Gasteiger partial charge is 0.483 e. The van der Waals surface area contributed by atoms with Gasteiger partial charge in [-0.3, -0.25) is 4.79 Å². The second-order valence-electron chi connectivity index (χ2n) is 5.71. The molecule has 132 valence electrons. The summed E-state index contributed by atoms with van der Waals surface area (Å²) in [6.45, 7) is 2.41. The molecule has 0 atom stereocenters. The molecule has 0 spiro atoms. The second-order valence-corrected chi connectivity index (χ2v) is 6.56. The highest BCUT2D eigenvalue weighted by Crippen LogP contribution is 2.25. The minimum atomic E-state index is -0.373. The Kier molecular flexibility index (Phi) is 5.53. The molecule has 1 amide bonds. The number of hydrogen-bond donors (Lipinski definition) is 0. The summed E-state index contributed by atoms with van der Waals surface area (Å²) in [5, 5.41) is 0. The zero-order chi connectivity index (χ0) is 17.8.